The molecule has 2 fully saturated rings. The molecule has 2 aliphatic heterocycles. The summed E-state index contributed by atoms with van der Waals surface area (Å²) in [6.07, 6.45) is -10.8. The zero-order valence-corrected chi connectivity index (χ0v) is 21.9. The summed E-state index contributed by atoms with van der Waals surface area (Å²) in [6.45, 7) is 5.51. The number of halogens is 7. The number of hydrogen-bond acceptors (Lipinski definition) is 4. The monoisotopic (exact) mass is 561 g/mol. The largest absolute Gasteiger partial charge is 0.469 e. The smallest absolute Gasteiger partial charge is 0.416 e. The van der Waals surface area contributed by atoms with Gasteiger partial charge in [-0.25, -0.2) is 4.39 Å². The lowest BCUT2D eigenvalue weighted by atomic mass is 9.71. The predicted octanol–water partition coefficient (Wildman–Crippen LogP) is 7.14. The van der Waals surface area contributed by atoms with Crippen LogP contribution in [0, 0.1) is 11.2 Å². The molecule has 4 nitrogen and oxygen atoms in total. The lowest BCUT2D eigenvalue weighted by Gasteiger charge is -2.45. The molecule has 0 spiro atoms. The molecule has 0 aromatic heterocycles. The molecular formula is C28H30F7NO3. The van der Waals surface area contributed by atoms with Gasteiger partial charge in [-0.1, -0.05) is 12.1 Å². The second-order valence-electron chi connectivity index (χ2n) is 10.8. The number of fused-ring (bicyclic) bond motifs is 1. The van der Waals surface area contributed by atoms with Crippen LogP contribution in [0.15, 0.2) is 42.5 Å². The molecule has 2 aromatic rings. The maximum Gasteiger partial charge on any atom is 0.416 e. The van der Waals surface area contributed by atoms with Gasteiger partial charge in [0.1, 0.15) is 5.82 Å². The van der Waals surface area contributed by atoms with Crippen molar-refractivity contribution in [2.75, 3.05) is 13.7 Å². The van der Waals surface area contributed by atoms with Crippen LogP contribution in [-0.4, -0.2) is 42.7 Å². The normalized spacial score (nSPS) is 28.7. The van der Waals surface area contributed by atoms with Crippen LogP contribution in [0.4, 0.5) is 30.7 Å². The molecule has 0 radical (unpaired) electrons. The van der Waals surface area contributed by atoms with Gasteiger partial charge in [0, 0.05) is 24.5 Å². The van der Waals surface area contributed by atoms with Crippen molar-refractivity contribution in [3.05, 3.63) is 70.5 Å². The average molecular weight is 562 g/mol. The van der Waals surface area contributed by atoms with Crippen molar-refractivity contribution in [2.24, 2.45) is 5.41 Å². The fourth-order valence-electron chi connectivity index (χ4n) is 6.19. The highest BCUT2D eigenvalue weighted by Gasteiger charge is 2.54. The molecule has 0 N–H and O–H groups in total. The van der Waals surface area contributed by atoms with Gasteiger partial charge in [-0.3, -0.25) is 9.69 Å². The van der Waals surface area contributed by atoms with E-state index in [0.717, 1.165) is 0 Å². The Labute approximate surface area is 222 Å². The molecule has 0 bridgehead atoms. The van der Waals surface area contributed by atoms with E-state index in [0.29, 0.717) is 37.1 Å². The zero-order chi connectivity index (χ0) is 28.9. The standard InChI is InChI=1S/C28H30F7NO3/c1-15-12-26(3,25(37)38-4)13-22-24(17-5-7-21(29)8-6-17)23(14-36(15)22)39-16(2)18-9-19(27(30,31)32)11-20(10-18)28(33,34)35/h5-11,15-16,22-24H,12-14H2,1-4H3/t15?,16-,22?,23+,24?,26?/m1/s1. The van der Waals surface area contributed by atoms with Crippen molar-refractivity contribution in [3.63, 3.8) is 0 Å². The Morgan fingerprint density at radius 3 is 2.08 bits per heavy atom. The molecule has 0 aliphatic carbocycles. The Bertz CT molecular complexity index is 1160. The van der Waals surface area contributed by atoms with Gasteiger partial charge in [-0.2, -0.15) is 26.3 Å². The van der Waals surface area contributed by atoms with Crippen LogP contribution in [0.1, 0.15) is 67.9 Å². The van der Waals surface area contributed by atoms with Crippen molar-refractivity contribution >= 4 is 5.97 Å². The zero-order valence-electron chi connectivity index (χ0n) is 21.9. The van der Waals surface area contributed by atoms with Crippen LogP contribution >= 0.6 is 0 Å². The Kier molecular flexibility index (Phi) is 7.81. The summed E-state index contributed by atoms with van der Waals surface area (Å²) in [4.78, 5) is 14.8. The molecule has 2 aliphatic rings. The highest BCUT2D eigenvalue weighted by molar-refractivity contribution is 5.76. The van der Waals surface area contributed by atoms with Crippen LogP contribution in [0.3, 0.4) is 0 Å². The number of carbonyl (C=O) groups is 1. The van der Waals surface area contributed by atoms with Gasteiger partial charge in [-0.05, 0) is 75.1 Å². The number of rotatable bonds is 5. The first kappa shape index (κ1) is 29.3. The number of carbonyl (C=O) groups excluding carboxylic acids is 1. The van der Waals surface area contributed by atoms with E-state index >= 15 is 0 Å². The third kappa shape index (κ3) is 5.94. The molecule has 11 heteroatoms. The van der Waals surface area contributed by atoms with Crippen molar-refractivity contribution < 1.29 is 45.0 Å². The van der Waals surface area contributed by atoms with E-state index in [9.17, 15) is 35.5 Å². The van der Waals surface area contributed by atoms with Crippen molar-refractivity contribution in [2.45, 2.75) is 76.2 Å². The van der Waals surface area contributed by atoms with Gasteiger partial charge in [-0.15, -0.1) is 0 Å². The van der Waals surface area contributed by atoms with E-state index in [1.54, 1.807) is 12.1 Å². The summed E-state index contributed by atoms with van der Waals surface area (Å²) in [5.41, 5.74) is -3.19. The van der Waals surface area contributed by atoms with Gasteiger partial charge in [0.15, 0.2) is 0 Å². The minimum Gasteiger partial charge on any atom is -0.469 e. The number of methoxy groups -OCH3 is 1. The number of benzene rings is 2. The van der Waals surface area contributed by atoms with Crippen LogP contribution in [0.5, 0.6) is 0 Å². The summed E-state index contributed by atoms with van der Waals surface area (Å²) in [7, 11) is 1.31. The molecule has 6 atom stereocenters. The van der Waals surface area contributed by atoms with Gasteiger partial charge >= 0.3 is 18.3 Å². The molecule has 214 valence electrons. The first-order chi connectivity index (χ1) is 18.0. The van der Waals surface area contributed by atoms with Gasteiger partial charge < -0.3 is 9.47 Å². The number of esters is 1. The highest BCUT2D eigenvalue weighted by Crippen LogP contribution is 2.49. The van der Waals surface area contributed by atoms with Gasteiger partial charge in [0.25, 0.3) is 0 Å². The van der Waals surface area contributed by atoms with E-state index in [4.69, 9.17) is 9.47 Å². The van der Waals surface area contributed by atoms with Crippen molar-refractivity contribution in [3.8, 4) is 0 Å². The Hall–Kier alpha value is -2.66. The summed E-state index contributed by atoms with van der Waals surface area (Å²) in [5, 5.41) is 0. The van der Waals surface area contributed by atoms with Crippen LogP contribution in [-0.2, 0) is 26.6 Å². The van der Waals surface area contributed by atoms with E-state index in [-0.39, 0.29) is 29.7 Å². The Balaban J connectivity index is 1.71. The van der Waals surface area contributed by atoms with Crippen LogP contribution < -0.4 is 0 Å². The molecule has 2 aromatic carbocycles. The number of hydrogen-bond donors (Lipinski definition) is 0. The lowest BCUT2D eigenvalue weighted by Crippen LogP contribution is -2.52. The van der Waals surface area contributed by atoms with Crippen molar-refractivity contribution in [1.82, 2.24) is 4.90 Å². The highest BCUT2D eigenvalue weighted by atomic mass is 19.4. The molecule has 2 heterocycles. The molecule has 39 heavy (non-hydrogen) atoms. The van der Waals surface area contributed by atoms with E-state index in [1.807, 2.05) is 13.8 Å². The summed E-state index contributed by atoms with van der Waals surface area (Å²) in [6, 6.07) is 6.83. The second kappa shape index (κ2) is 10.4. The minimum atomic E-state index is -4.98. The summed E-state index contributed by atoms with van der Waals surface area (Å²) >= 11 is 0. The van der Waals surface area contributed by atoms with E-state index in [1.165, 1.54) is 26.2 Å². The van der Waals surface area contributed by atoms with E-state index in [2.05, 4.69) is 4.90 Å². The quantitative estimate of drug-likeness (QED) is 0.287. The fourth-order valence-corrected chi connectivity index (χ4v) is 6.19. The third-order valence-corrected chi connectivity index (χ3v) is 8.00. The topological polar surface area (TPSA) is 38.8 Å². The number of ether oxygens (including phenoxy) is 2. The first-order valence-electron chi connectivity index (χ1n) is 12.6. The van der Waals surface area contributed by atoms with Crippen molar-refractivity contribution in [1.29, 1.82) is 0 Å². The number of piperidine rings is 1. The average Bonchev–Trinajstić information content (AvgIpc) is 3.20. The maximum absolute atomic E-state index is 13.8. The molecule has 0 amide bonds. The van der Waals surface area contributed by atoms with Gasteiger partial charge in [0.2, 0.25) is 0 Å². The molecular weight excluding hydrogens is 531 g/mol. The Morgan fingerprint density at radius 2 is 1.56 bits per heavy atom. The summed E-state index contributed by atoms with van der Waals surface area (Å²) in [5.74, 6) is -1.25. The molecule has 0 saturated carbocycles. The number of alkyl halides is 6. The summed E-state index contributed by atoms with van der Waals surface area (Å²) < 4.78 is 106. The molecule has 2 saturated heterocycles. The lowest BCUT2D eigenvalue weighted by molar-refractivity contribution is -0.157. The predicted molar refractivity (Wildman–Crippen MR) is 128 cm³/mol. The first-order valence-corrected chi connectivity index (χ1v) is 12.6. The second-order valence-corrected chi connectivity index (χ2v) is 10.8. The third-order valence-electron chi connectivity index (χ3n) is 8.00. The Morgan fingerprint density at radius 1 is 1.00 bits per heavy atom. The van der Waals surface area contributed by atoms with Crippen LogP contribution in [0.25, 0.3) is 0 Å². The van der Waals surface area contributed by atoms with E-state index < -0.39 is 52.8 Å². The maximum atomic E-state index is 13.8. The van der Waals surface area contributed by atoms with Gasteiger partial charge in [0.05, 0.1) is 35.9 Å². The molecule has 4 rings (SSSR count). The molecule has 4 unspecified atom stereocenters. The SMILES string of the molecule is COC(=O)C1(C)CC(C)N2C[C@H](O[C@H](C)c3cc(C(F)(F)F)cc(C(F)(F)F)c3)C(c3ccc(F)cc3)C2C1. The fraction of sp³-hybridized carbons (Fsp3) is 0.536. The minimum absolute atomic E-state index is 0.0860. The van der Waals surface area contributed by atoms with Crippen LogP contribution in [0.2, 0.25) is 0 Å². The number of nitrogens with zero attached hydrogens (tertiary/aromatic N) is 1.